The van der Waals surface area contributed by atoms with Crippen LogP contribution in [0.15, 0.2) is 36.4 Å². The van der Waals surface area contributed by atoms with E-state index in [1.807, 2.05) is 0 Å². The van der Waals surface area contributed by atoms with Crippen LogP contribution < -0.4 is 20.1 Å². The molecule has 4 rings (SSSR count). The topological polar surface area (TPSA) is 76.7 Å². The molecule has 1 heterocycles. The number of hydrogen-bond acceptors (Lipinski definition) is 4. The molecule has 2 aliphatic rings. The molecule has 2 aromatic carbocycles. The first-order chi connectivity index (χ1) is 12.5. The molecule has 0 atom stereocenters. The van der Waals surface area contributed by atoms with Gasteiger partial charge in [-0.15, -0.1) is 0 Å². The number of fused-ring (bicyclic) bond motifs is 1. The second-order valence-electron chi connectivity index (χ2n) is 6.19. The van der Waals surface area contributed by atoms with Crippen molar-refractivity contribution in [3.63, 3.8) is 0 Å². The van der Waals surface area contributed by atoms with Gasteiger partial charge in [0.15, 0.2) is 11.5 Å². The molecule has 0 spiro atoms. The molecule has 134 valence electrons. The van der Waals surface area contributed by atoms with E-state index < -0.39 is 5.41 Å². The Morgan fingerprint density at radius 3 is 2.12 bits per heavy atom. The highest BCUT2D eigenvalue weighted by Crippen LogP contribution is 2.48. The van der Waals surface area contributed by atoms with Crippen LogP contribution in [0.1, 0.15) is 12.8 Å². The van der Waals surface area contributed by atoms with E-state index in [4.69, 9.17) is 32.7 Å². The highest BCUT2D eigenvalue weighted by molar-refractivity contribution is 6.42. The molecule has 2 N–H and O–H groups in total. The minimum absolute atomic E-state index is 0.155. The summed E-state index contributed by atoms with van der Waals surface area (Å²) in [6.45, 7) is 0.155. The van der Waals surface area contributed by atoms with Crippen molar-refractivity contribution >= 4 is 46.4 Å². The van der Waals surface area contributed by atoms with Crippen LogP contribution >= 0.6 is 23.2 Å². The zero-order valence-corrected chi connectivity index (χ0v) is 15.0. The van der Waals surface area contributed by atoms with Crippen molar-refractivity contribution in [2.45, 2.75) is 12.8 Å². The number of hydrogen-bond donors (Lipinski definition) is 2. The van der Waals surface area contributed by atoms with Crippen LogP contribution in [-0.4, -0.2) is 18.6 Å². The van der Waals surface area contributed by atoms with Crippen LogP contribution in [0.2, 0.25) is 10.0 Å². The number of carbonyl (C=O) groups excluding carboxylic acids is 2. The number of carbonyl (C=O) groups is 2. The van der Waals surface area contributed by atoms with Crippen molar-refractivity contribution in [1.29, 1.82) is 0 Å². The summed E-state index contributed by atoms with van der Waals surface area (Å²) in [5, 5.41) is 6.24. The third-order valence-electron chi connectivity index (χ3n) is 4.43. The van der Waals surface area contributed by atoms with Crippen LogP contribution in [-0.2, 0) is 9.59 Å². The minimum atomic E-state index is -1.08. The van der Waals surface area contributed by atoms with E-state index in [2.05, 4.69) is 10.6 Å². The van der Waals surface area contributed by atoms with Crippen LogP contribution in [0.25, 0.3) is 0 Å². The average molecular weight is 393 g/mol. The molecule has 1 aliphatic heterocycles. The van der Waals surface area contributed by atoms with Gasteiger partial charge in [-0.05, 0) is 43.2 Å². The minimum Gasteiger partial charge on any atom is -0.454 e. The number of anilines is 2. The Hall–Kier alpha value is -2.44. The summed E-state index contributed by atoms with van der Waals surface area (Å²) in [6.07, 6.45) is 0.965. The normalized spacial score (nSPS) is 16.1. The highest BCUT2D eigenvalue weighted by atomic mass is 35.5. The molecule has 0 aromatic heterocycles. The van der Waals surface area contributed by atoms with Crippen LogP contribution in [0.5, 0.6) is 11.5 Å². The number of benzene rings is 2. The zero-order chi connectivity index (χ0) is 18.3. The molecule has 2 amide bonds. The number of amides is 2. The number of halogens is 2. The van der Waals surface area contributed by atoms with E-state index in [1.54, 1.807) is 36.4 Å². The van der Waals surface area contributed by atoms with Gasteiger partial charge in [-0.25, -0.2) is 0 Å². The first-order valence-electron chi connectivity index (χ1n) is 7.95. The lowest BCUT2D eigenvalue weighted by Gasteiger charge is -2.16. The first kappa shape index (κ1) is 17.0. The number of rotatable bonds is 4. The molecular formula is C18H14Cl2N2O4. The Labute approximate surface area is 159 Å². The van der Waals surface area contributed by atoms with Gasteiger partial charge in [0.2, 0.25) is 18.6 Å². The summed E-state index contributed by atoms with van der Waals surface area (Å²) in [7, 11) is 0. The van der Waals surface area contributed by atoms with Crippen LogP contribution in [0.4, 0.5) is 11.4 Å². The zero-order valence-electron chi connectivity index (χ0n) is 13.5. The van der Waals surface area contributed by atoms with Gasteiger partial charge in [-0.2, -0.15) is 0 Å². The smallest absolute Gasteiger partial charge is 0.240 e. The summed E-state index contributed by atoms with van der Waals surface area (Å²) in [6, 6.07) is 9.87. The molecule has 0 unspecified atom stereocenters. The van der Waals surface area contributed by atoms with Gasteiger partial charge in [0.25, 0.3) is 0 Å². The summed E-state index contributed by atoms with van der Waals surface area (Å²) < 4.78 is 10.5. The number of ether oxygens (including phenoxy) is 2. The first-order valence-corrected chi connectivity index (χ1v) is 8.71. The van der Waals surface area contributed by atoms with E-state index in [-0.39, 0.29) is 18.6 Å². The molecule has 1 aliphatic carbocycles. The maximum Gasteiger partial charge on any atom is 0.240 e. The highest BCUT2D eigenvalue weighted by Gasteiger charge is 2.56. The quantitative estimate of drug-likeness (QED) is 0.768. The third kappa shape index (κ3) is 3.06. The van der Waals surface area contributed by atoms with Gasteiger partial charge < -0.3 is 20.1 Å². The second-order valence-corrected chi connectivity index (χ2v) is 7.00. The Morgan fingerprint density at radius 1 is 0.846 bits per heavy atom. The molecule has 0 radical (unpaired) electrons. The van der Waals surface area contributed by atoms with Gasteiger partial charge in [-0.1, -0.05) is 23.2 Å². The van der Waals surface area contributed by atoms with E-state index in [1.165, 1.54) is 0 Å². The van der Waals surface area contributed by atoms with Crippen molar-refractivity contribution in [2.75, 3.05) is 17.4 Å². The van der Waals surface area contributed by atoms with Gasteiger partial charge in [0, 0.05) is 17.4 Å². The summed E-state index contributed by atoms with van der Waals surface area (Å²) in [4.78, 5) is 25.3. The van der Waals surface area contributed by atoms with Crippen molar-refractivity contribution in [3.8, 4) is 11.5 Å². The molecule has 1 fully saturated rings. The Balaban J connectivity index is 1.46. The standard InChI is InChI=1S/C18H14Cl2N2O4/c19-12-3-1-10(7-13(12)20)21-16(23)18(5-6-18)17(24)22-11-2-4-14-15(8-11)26-9-25-14/h1-4,7-8H,5-6,9H2,(H,21,23)(H,22,24). The summed E-state index contributed by atoms with van der Waals surface area (Å²) in [5.74, 6) is 0.470. The molecule has 2 aromatic rings. The molecule has 0 bridgehead atoms. The third-order valence-corrected chi connectivity index (χ3v) is 5.17. The van der Waals surface area contributed by atoms with E-state index >= 15 is 0 Å². The molecule has 8 heteroatoms. The molecule has 1 saturated carbocycles. The average Bonchev–Trinajstić information content (AvgIpc) is 3.31. The molecule has 0 saturated heterocycles. The van der Waals surface area contributed by atoms with Crippen LogP contribution in [0, 0.1) is 5.41 Å². The van der Waals surface area contributed by atoms with Crippen molar-refractivity contribution in [3.05, 3.63) is 46.4 Å². The lowest BCUT2D eigenvalue weighted by atomic mass is 10.0. The fourth-order valence-corrected chi connectivity index (χ4v) is 3.03. The Morgan fingerprint density at radius 2 is 1.46 bits per heavy atom. The maximum atomic E-state index is 12.7. The second kappa shape index (κ2) is 6.37. The molecule has 26 heavy (non-hydrogen) atoms. The maximum absolute atomic E-state index is 12.7. The monoisotopic (exact) mass is 392 g/mol. The lowest BCUT2D eigenvalue weighted by molar-refractivity contribution is -0.131. The predicted molar refractivity (Wildman–Crippen MR) is 98.0 cm³/mol. The van der Waals surface area contributed by atoms with Gasteiger partial charge in [0.05, 0.1) is 10.0 Å². The van der Waals surface area contributed by atoms with E-state index in [0.29, 0.717) is 45.8 Å². The summed E-state index contributed by atoms with van der Waals surface area (Å²) in [5.41, 5.74) is -0.0397. The van der Waals surface area contributed by atoms with Crippen LogP contribution in [0.3, 0.4) is 0 Å². The largest absolute Gasteiger partial charge is 0.454 e. The predicted octanol–water partition coefficient (Wildman–Crippen LogP) is 4.08. The van der Waals surface area contributed by atoms with Crippen molar-refractivity contribution in [2.24, 2.45) is 5.41 Å². The fourth-order valence-electron chi connectivity index (χ4n) is 2.73. The van der Waals surface area contributed by atoms with E-state index in [9.17, 15) is 9.59 Å². The summed E-state index contributed by atoms with van der Waals surface area (Å²) >= 11 is 11.8. The molecule has 6 nitrogen and oxygen atoms in total. The van der Waals surface area contributed by atoms with Crippen molar-refractivity contribution in [1.82, 2.24) is 0 Å². The number of nitrogens with one attached hydrogen (secondary N) is 2. The van der Waals surface area contributed by atoms with Gasteiger partial charge >= 0.3 is 0 Å². The Bertz CT molecular complexity index is 912. The van der Waals surface area contributed by atoms with E-state index in [0.717, 1.165) is 0 Å². The van der Waals surface area contributed by atoms with Gasteiger partial charge in [0.1, 0.15) is 5.41 Å². The van der Waals surface area contributed by atoms with Gasteiger partial charge in [-0.3, -0.25) is 9.59 Å². The Kier molecular flexibility index (Phi) is 4.17. The fraction of sp³-hybridized carbons (Fsp3) is 0.222. The lowest BCUT2D eigenvalue weighted by Crippen LogP contribution is -2.35. The van der Waals surface area contributed by atoms with Crippen molar-refractivity contribution < 1.29 is 19.1 Å². The molecular weight excluding hydrogens is 379 g/mol. The SMILES string of the molecule is O=C(Nc1ccc(Cl)c(Cl)c1)C1(C(=O)Nc2ccc3c(c2)OCO3)CC1.